The van der Waals surface area contributed by atoms with Crippen molar-refractivity contribution in [1.29, 1.82) is 0 Å². The minimum Gasteiger partial charge on any atom is -0.508 e. The number of cyclic esters (lactones) is 1. The molecule has 0 spiro atoms. The second-order valence-corrected chi connectivity index (χ2v) is 4.95. The summed E-state index contributed by atoms with van der Waals surface area (Å²) in [5, 5.41) is 48.2. The molecule has 23 heavy (non-hydrogen) atoms. The number of carboxylic acids is 1. The van der Waals surface area contributed by atoms with Crippen molar-refractivity contribution in [2.24, 2.45) is 0 Å². The van der Waals surface area contributed by atoms with E-state index in [1.165, 1.54) is 0 Å². The molecule has 0 fully saturated rings. The van der Waals surface area contributed by atoms with Crippen molar-refractivity contribution in [3.05, 3.63) is 46.5 Å². The Morgan fingerprint density at radius 3 is 2.13 bits per heavy atom. The second-order valence-electron chi connectivity index (χ2n) is 4.95. The van der Waals surface area contributed by atoms with Gasteiger partial charge in [0.25, 0.3) is 0 Å². The van der Waals surface area contributed by atoms with Gasteiger partial charge in [0, 0.05) is 11.6 Å². The average molecular weight is 318 g/mol. The highest BCUT2D eigenvalue weighted by Crippen LogP contribution is 2.47. The SMILES string of the molecule is O=C(O)c1cc(O)c([C@@H]2OC(=O)c3c(O)cc(O)cc32)c(O)c1. The van der Waals surface area contributed by atoms with Gasteiger partial charge in [0.15, 0.2) is 6.10 Å². The highest BCUT2D eigenvalue weighted by atomic mass is 16.6. The number of phenols is 4. The number of carbonyl (C=O) groups is 2. The monoisotopic (exact) mass is 318 g/mol. The van der Waals surface area contributed by atoms with Crippen molar-refractivity contribution in [3.8, 4) is 23.0 Å². The molecule has 2 aromatic rings. The van der Waals surface area contributed by atoms with E-state index in [-0.39, 0.29) is 28.0 Å². The van der Waals surface area contributed by atoms with Gasteiger partial charge < -0.3 is 30.3 Å². The number of phenolic OH excluding ortho intramolecular Hbond substituents is 4. The number of carbonyl (C=O) groups excluding carboxylic acids is 1. The van der Waals surface area contributed by atoms with Crippen LogP contribution in [0.1, 0.15) is 37.9 Å². The van der Waals surface area contributed by atoms with Crippen molar-refractivity contribution in [2.45, 2.75) is 6.10 Å². The molecule has 0 aliphatic carbocycles. The van der Waals surface area contributed by atoms with Crippen LogP contribution in [0.25, 0.3) is 0 Å². The molecular formula is C15H10O8. The van der Waals surface area contributed by atoms with Crippen molar-refractivity contribution in [2.75, 3.05) is 0 Å². The summed E-state index contributed by atoms with van der Waals surface area (Å²) >= 11 is 0. The standard InChI is InChI=1S/C15H10O8/c16-6-3-7-11(10(19)4-6)15(22)23-13(7)12-8(17)1-5(14(20)21)2-9(12)18/h1-4,13,16-19H,(H,20,21)/t13-/m1/s1. The van der Waals surface area contributed by atoms with Crippen LogP contribution in [0.4, 0.5) is 0 Å². The number of hydrogen-bond donors (Lipinski definition) is 5. The summed E-state index contributed by atoms with van der Waals surface area (Å²) < 4.78 is 5.04. The second kappa shape index (κ2) is 4.80. The molecule has 1 aliphatic heterocycles. The Morgan fingerprint density at radius 2 is 1.57 bits per heavy atom. The van der Waals surface area contributed by atoms with E-state index in [9.17, 15) is 30.0 Å². The third-order valence-corrected chi connectivity index (χ3v) is 3.49. The van der Waals surface area contributed by atoms with Crippen LogP contribution in [-0.2, 0) is 4.74 Å². The van der Waals surface area contributed by atoms with Crippen LogP contribution >= 0.6 is 0 Å². The number of carboxylic acid groups (broad SMARTS) is 1. The normalized spacial score (nSPS) is 16.0. The molecule has 0 amide bonds. The van der Waals surface area contributed by atoms with Gasteiger partial charge in [-0.3, -0.25) is 0 Å². The third kappa shape index (κ3) is 2.16. The lowest BCUT2D eigenvalue weighted by molar-refractivity contribution is 0.0447. The van der Waals surface area contributed by atoms with Crippen LogP contribution in [0.2, 0.25) is 0 Å². The van der Waals surface area contributed by atoms with E-state index >= 15 is 0 Å². The van der Waals surface area contributed by atoms with Crippen LogP contribution in [0, 0.1) is 0 Å². The van der Waals surface area contributed by atoms with E-state index in [1.54, 1.807) is 0 Å². The predicted molar refractivity (Wildman–Crippen MR) is 73.8 cm³/mol. The van der Waals surface area contributed by atoms with Crippen molar-refractivity contribution < 1.29 is 39.9 Å². The first kappa shape index (κ1) is 14.5. The molecule has 0 aromatic heterocycles. The number of aromatic carboxylic acids is 1. The van der Waals surface area contributed by atoms with Gasteiger partial charge in [0.1, 0.15) is 28.6 Å². The highest BCUT2D eigenvalue weighted by Gasteiger charge is 2.38. The van der Waals surface area contributed by atoms with E-state index < -0.39 is 35.3 Å². The first-order chi connectivity index (χ1) is 10.8. The van der Waals surface area contributed by atoms with E-state index in [2.05, 4.69) is 0 Å². The highest BCUT2D eigenvalue weighted by molar-refractivity contribution is 5.98. The van der Waals surface area contributed by atoms with Crippen molar-refractivity contribution in [3.63, 3.8) is 0 Å². The van der Waals surface area contributed by atoms with E-state index in [1.807, 2.05) is 0 Å². The third-order valence-electron chi connectivity index (χ3n) is 3.49. The maximum absolute atomic E-state index is 11.9. The van der Waals surface area contributed by atoms with Gasteiger partial charge in [-0.1, -0.05) is 0 Å². The summed E-state index contributed by atoms with van der Waals surface area (Å²) in [7, 11) is 0. The maximum atomic E-state index is 11.9. The molecule has 0 unspecified atom stereocenters. The number of esters is 1. The van der Waals surface area contributed by atoms with Gasteiger partial charge in [-0.15, -0.1) is 0 Å². The summed E-state index contributed by atoms with van der Waals surface area (Å²) in [6.45, 7) is 0. The van der Waals surface area contributed by atoms with Crippen molar-refractivity contribution >= 4 is 11.9 Å². The van der Waals surface area contributed by atoms with Gasteiger partial charge in [-0.25, -0.2) is 9.59 Å². The molecule has 5 N–H and O–H groups in total. The fourth-order valence-electron chi connectivity index (χ4n) is 2.52. The minimum atomic E-state index is -1.36. The number of fused-ring (bicyclic) bond motifs is 1. The van der Waals surface area contributed by atoms with Gasteiger partial charge in [0.05, 0.1) is 11.1 Å². The zero-order chi connectivity index (χ0) is 16.9. The molecule has 0 saturated carbocycles. The van der Waals surface area contributed by atoms with Crippen LogP contribution in [0.15, 0.2) is 24.3 Å². The van der Waals surface area contributed by atoms with Crippen LogP contribution in [-0.4, -0.2) is 37.5 Å². The summed E-state index contributed by atoms with van der Waals surface area (Å²) in [4.78, 5) is 22.8. The minimum absolute atomic E-state index is 0.0428. The Morgan fingerprint density at radius 1 is 0.957 bits per heavy atom. The topological polar surface area (TPSA) is 145 Å². The van der Waals surface area contributed by atoms with E-state index in [0.29, 0.717) is 0 Å². The zero-order valence-corrected chi connectivity index (χ0v) is 11.3. The largest absolute Gasteiger partial charge is 0.508 e. The number of benzene rings is 2. The Kier molecular flexibility index (Phi) is 3.03. The van der Waals surface area contributed by atoms with Gasteiger partial charge in [-0.05, 0) is 18.2 Å². The quantitative estimate of drug-likeness (QED) is 0.523. The van der Waals surface area contributed by atoms with Crippen LogP contribution < -0.4 is 0 Å². The molecule has 3 rings (SSSR count). The molecule has 0 bridgehead atoms. The van der Waals surface area contributed by atoms with Crippen LogP contribution in [0.3, 0.4) is 0 Å². The van der Waals surface area contributed by atoms with Crippen molar-refractivity contribution in [1.82, 2.24) is 0 Å². The summed E-state index contributed by atoms with van der Waals surface area (Å²) in [6.07, 6.45) is -1.29. The Hall–Kier alpha value is -3.42. The molecule has 8 heteroatoms. The summed E-state index contributed by atoms with van der Waals surface area (Å²) in [5.74, 6) is -4.31. The fourth-order valence-corrected chi connectivity index (χ4v) is 2.52. The van der Waals surface area contributed by atoms with E-state index in [4.69, 9.17) is 9.84 Å². The maximum Gasteiger partial charge on any atom is 0.343 e. The molecule has 1 aliphatic rings. The van der Waals surface area contributed by atoms with Gasteiger partial charge >= 0.3 is 11.9 Å². The number of aromatic hydroxyl groups is 4. The van der Waals surface area contributed by atoms with Gasteiger partial charge in [0.2, 0.25) is 0 Å². The van der Waals surface area contributed by atoms with E-state index in [0.717, 1.165) is 24.3 Å². The average Bonchev–Trinajstić information content (AvgIpc) is 2.74. The molecule has 2 aromatic carbocycles. The molecule has 0 saturated heterocycles. The molecular weight excluding hydrogens is 308 g/mol. The number of ether oxygens (including phenoxy) is 1. The number of hydrogen-bond acceptors (Lipinski definition) is 7. The fraction of sp³-hybridized carbons (Fsp3) is 0.0667. The van der Waals surface area contributed by atoms with Gasteiger partial charge in [-0.2, -0.15) is 0 Å². The summed E-state index contributed by atoms with van der Waals surface area (Å²) in [6, 6.07) is 3.89. The Balaban J connectivity index is 2.20. The smallest absolute Gasteiger partial charge is 0.343 e. The Bertz CT molecular complexity index is 832. The van der Waals surface area contributed by atoms with Crippen LogP contribution in [0.5, 0.6) is 23.0 Å². The molecule has 118 valence electrons. The lowest BCUT2D eigenvalue weighted by Gasteiger charge is -2.15. The molecule has 8 nitrogen and oxygen atoms in total. The molecule has 1 atom stereocenters. The first-order valence-corrected chi connectivity index (χ1v) is 6.35. The summed E-state index contributed by atoms with van der Waals surface area (Å²) in [5.41, 5.74) is -0.755. The number of rotatable bonds is 2. The lowest BCUT2D eigenvalue weighted by Crippen LogP contribution is -2.04. The zero-order valence-electron chi connectivity index (χ0n) is 11.3. The lowest BCUT2D eigenvalue weighted by atomic mass is 9.96. The molecule has 0 radical (unpaired) electrons. The molecule has 1 heterocycles. The predicted octanol–water partition coefficient (Wildman–Crippen LogP) is 1.47. The first-order valence-electron chi connectivity index (χ1n) is 6.35. The Labute approximate surface area is 128 Å².